The standard InChI is InChI=1S/C11H11Cl2NO3S/c12-6-1-2-8(13)7(3-6)9-4-18(17)5-10(14-9)11(15)16/h1-3,9-10,14H,4-5H2,(H,15,16). The molecular formula is C11H11Cl2NO3S. The first-order valence-electron chi connectivity index (χ1n) is 5.26. The Labute approximate surface area is 117 Å². The van der Waals surface area contributed by atoms with Crippen LogP contribution in [0.2, 0.25) is 10.0 Å². The van der Waals surface area contributed by atoms with Crippen LogP contribution in [0.5, 0.6) is 0 Å². The molecule has 3 atom stereocenters. The molecule has 3 unspecified atom stereocenters. The van der Waals surface area contributed by atoms with E-state index in [0.717, 1.165) is 0 Å². The largest absolute Gasteiger partial charge is 0.480 e. The van der Waals surface area contributed by atoms with Gasteiger partial charge in [-0.25, -0.2) is 0 Å². The highest BCUT2D eigenvalue weighted by atomic mass is 35.5. The van der Waals surface area contributed by atoms with E-state index < -0.39 is 22.8 Å². The number of carboxylic acids is 1. The molecule has 1 fully saturated rings. The quantitative estimate of drug-likeness (QED) is 0.875. The molecule has 2 N–H and O–H groups in total. The number of hydrogen-bond acceptors (Lipinski definition) is 3. The van der Waals surface area contributed by atoms with Crippen molar-refractivity contribution >= 4 is 40.0 Å². The number of benzene rings is 1. The minimum absolute atomic E-state index is 0.115. The maximum Gasteiger partial charge on any atom is 0.321 e. The maximum atomic E-state index is 11.7. The van der Waals surface area contributed by atoms with E-state index in [0.29, 0.717) is 21.4 Å². The zero-order valence-electron chi connectivity index (χ0n) is 9.23. The van der Waals surface area contributed by atoms with Crippen LogP contribution in [0, 0.1) is 0 Å². The molecule has 1 aliphatic heterocycles. The monoisotopic (exact) mass is 307 g/mol. The van der Waals surface area contributed by atoms with Gasteiger partial charge in [0.05, 0.1) is 0 Å². The van der Waals surface area contributed by atoms with E-state index in [4.69, 9.17) is 28.3 Å². The first-order valence-corrected chi connectivity index (χ1v) is 7.50. The lowest BCUT2D eigenvalue weighted by molar-refractivity contribution is -0.139. The van der Waals surface area contributed by atoms with Gasteiger partial charge in [0.2, 0.25) is 0 Å². The number of rotatable bonds is 2. The second-order valence-electron chi connectivity index (χ2n) is 4.05. The fourth-order valence-corrected chi connectivity index (χ4v) is 3.71. The van der Waals surface area contributed by atoms with Crippen molar-refractivity contribution < 1.29 is 14.1 Å². The Hall–Kier alpha value is -0.620. The van der Waals surface area contributed by atoms with Crippen LogP contribution in [-0.2, 0) is 15.6 Å². The SMILES string of the molecule is O=C(O)C1CS(=O)CC(c2cc(Cl)ccc2Cl)N1. The normalized spacial score (nSPS) is 28.0. The molecule has 1 aromatic carbocycles. The number of carboxylic acid groups (broad SMARTS) is 1. The van der Waals surface area contributed by atoms with Crippen molar-refractivity contribution in [3.05, 3.63) is 33.8 Å². The summed E-state index contributed by atoms with van der Waals surface area (Å²) in [6.07, 6.45) is 0. The molecule has 0 saturated carbocycles. The lowest BCUT2D eigenvalue weighted by Crippen LogP contribution is -2.49. The minimum Gasteiger partial charge on any atom is -0.480 e. The molecule has 0 bridgehead atoms. The van der Waals surface area contributed by atoms with Crippen LogP contribution in [0.25, 0.3) is 0 Å². The average molecular weight is 308 g/mol. The van der Waals surface area contributed by atoms with Crippen LogP contribution in [-0.4, -0.2) is 32.8 Å². The van der Waals surface area contributed by atoms with E-state index in [2.05, 4.69) is 5.32 Å². The minimum atomic E-state index is -1.18. The number of hydrogen-bond donors (Lipinski definition) is 2. The van der Waals surface area contributed by atoms with Crippen LogP contribution < -0.4 is 5.32 Å². The van der Waals surface area contributed by atoms with Gasteiger partial charge in [-0.05, 0) is 23.8 Å². The maximum absolute atomic E-state index is 11.7. The van der Waals surface area contributed by atoms with Crippen molar-refractivity contribution in [2.75, 3.05) is 11.5 Å². The van der Waals surface area contributed by atoms with E-state index in [1.807, 2.05) is 0 Å². The van der Waals surface area contributed by atoms with Crippen molar-refractivity contribution in [1.82, 2.24) is 5.32 Å². The Morgan fingerprint density at radius 2 is 2.11 bits per heavy atom. The van der Waals surface area contributed by atoms with Gasteiger partial charge in [0.15, 0.2) is 0 Å². The van der Waals surface area contributed by atoms with Gasteiger partial charge in [-0.15, -0.1) is 0 Å². The smallest absolute Gasteiger partial charge is 0.321 e. The Morgan fingerprint density at radius 3 is 2.78 bits per heavy atom. The molecule has 1 aliphatic rings. The van der Waals surface area contributed by atoms with E-state index in [1.165, 1.54) is 0 Å². The first-order chi connectivity index (χ1) is 8.47. The van der Waals surface area contributed by atoms with Gasteiger partial charge >= 0.3 is 5.97 Å². The first kappa shape index (κ1) is 13.8. The highest BCUT2D eigenvalue weighted by Crippen LogP contribution is 2.29. The molecule has 4 nitrogen and oxygen atoms in total. The molecule has 0 radical (unpaired) electrons. The average Bonchev–Trinajstić information content (AvgIpc) is 2.31. The van der Waals surface area contributed by atoms with Crippen molar-refractivity contribution in [3.8, 4) is 0 Å². The summed E-state index contributed by atoms with van der Waals surface area (Å²) >= 11 is 12.0. The summed E-state index contributed by atoms with van der Waals surface area (Å²) < 4.78 is 11.7. The fraction of sp³-hybridized carbons (Fsp3) is 0.364. The van der Waals surface area contributed by atoms with Crippen LogP contribution in [0.15, 0.2) is 18.2 Å². The Balaban J connectivity index is 2.29. The molecule has 1 saturated heterocycles. The molecule has 0 aliphatic carbocycles. The Kier molecular flexibility index (Phi) is 4.27. The third kappa shape index (κ3) is 3.03. The molecule has 1 heterocycles. The highest BCUT2D eigenvalue weighted by molar-refractivity contribution is 7.85. The predicted octanol–water partition coefficient (Wildman–Crippen LogP) is 1.84. The summed E-state index contributed by atoms with van der Waals surface area (Å²) in [7, 11) is -1.18. The Bertz CT molecular complexity index is 509. The lowest BCUT2D eigenvalue weighted by Gasteiger charge is -2.29. The lowest BCUT2D eigenvalue weighted by atomic mass is 10.1. The molecule has 0 aromatic heterocycles. The summed E-state index contributed by atoms with van der Waals surface area (Å²) in [5.41, 5.74) is 0.684. The molecule has 98 valence electrons. The van der Waals surface area contributed by atoms with Gasteiger partial charge < -0.3 is 5.11 Å². The summed E-state index contributed by atoms with van der Waals surface area (Å²) in [6.45, 7) is 0. The Morgan fingerprint density at radius 1 is 1.39 bits per heavy atom. The van der Waals surface area contributed by atoms with E-state index in [9.17, 15) is 9.00 Å². The molecule has 0 amide bonds. The zero-order chi connectivity index (χ0) is 13.3. The van der Waals surface area contributed by atoms with Gasteiger partial charge in [-0.1, -0.05) is 23.2 Å². The van der Waals surface area contributed by atoms with Gasteiger partial charge in [-0.3, -0.25) is 14.3 Å². The van der Waals surface area contributed by atoms with Gasteiger partial charge in [0, 0.05) is 38.4 Å². The summed E-state index contributed by atoms with van der Waals surface area (Å²) in [5, 5.41) is 12.9. The van der Waals surface area contributed by atoms with E-state index in [-0.39, 0.29) is 11.8 Å². The highest BCUT2D eigenvalue weighted by Gasteiger charge is 2.31. The van der Waals surface area contributed by atoms with Gasteiger partial charge in [0.1, 0.15) is 6.04 Å². The molecular weight excluding hydrogens is 297 g/mol. The van der Waals surface area contributed by atoms with E-state index >= 15 is 0 Å². The van der Waals surface area contributed by atoms with Crippen LogP contribution in [0.1, 0.15) is 11.6 Å². The second-order valence-corrected chi connectivity index (χ2v) is 6.44. The zero-order valence-corrected chi connectivity index (χ0v) is 11.6. The van der Waals surface area contributed by atoms with Crippen molar-refractivity contribution in [3.63, 3.8) is 0 Å². The van der Waals surface area contributed by atoms with Crippen molar-refractivity contribution in [2.24, 2.45) is 0 Å². The third-order valence-corrected chi connectivity index (χ3v) is 4.73. The molecule has 18 heavy (non-hydrogen) atoms. The molecule has 7 heteroatoms. The van der Waals surface area contributed by atoms with Crippen LogP contribution in [0.4, 0.5) is 0 Å². The predicted molar refractivity (Wildman–Crippen MR) is 71.6 cm³/mol. The third-order valence-electron chi connectivity index (χ3n) is 2.74. The summed E-state index contributed by atoms with van der Waals surface area (Å²) in [5.74, 6) is -0.556. The topological polar surface area (TPSA) is 66.4 Å². The van der Waals surface area contributed by atoms with Gasteiger partial charge in [0.25, 0.3) is 0 Å². The number of carbonyl (C=O) groups is 1. The number of nitrogens with one attached hydrogen (secondary N) is 1. The van der Waals surface area contributed by atoms with Crippen molar-refractivity contribution in [1.29, 1.82) is 0 Å². The summed E-state index contributed by atoms with van der Waals surface area (Å²) in [6, 6.07) is 3.80. The van der Waals surface area contributed by atoms with E-state index in [1.54, 1.807) is 18.2 Å². The fourth-order valence-electron chi connectivity index (χ4n) is 1.88. The summed E-state index contributed by atoms with van der Waals surface area (Å²) in [4.78, 5) is 11.0. The van der Waals surface area contributed by atoms with Crippen molar-refractivity contribution in [2.45, 2.75) is 12.1 Å². The number of halogens is 2. The van der Waals surface area contributed by atoms with Gasteiger partial charge in [-0.2, -0.15) is 0 Å². The van der Waals surface area contributed by atoms with Crippen LogP contribution in [0.3, 0.4) is 0 Å². The second kappa shape index (κ2) is 5.57. The van der Waals surface area contributed by atoms with Crippen LogP contribution >= 0.6 is 23.2 Å². The number of aliphatic carboxylic acids is 1. The molecule has 1 aromatic rings. The molecule has 2 rings (SSSR count). The molecule has 0 spiro atoms.